The maximum absolute atomic E-state index is 12.2. The molecule has 0 fully saturated rings. The van der Waals surface area contributed by atoms with Crippen molar-refractivity contribution in [1.29, 1.82) is 5.26 Å². The van der Waals surface area contributed by atoms with Crippen molar-refractivity contribution in [2.45, 2.75) is 24.3 Å². The minimum absolute atomic E-state index is 0.0197. The zero-order chi connectivity index (χ0) is 15.6. The second-order valence-corrected chi connectivity index (χ2v) is 6.57. The van der Waals surface area contributed by atoms with Crippen LogP contribution in [0.4, 0.5) is 0 Å². The number of carbonyl (C=O) groups excluding carboxylic acids is 1. The summed E-state index contributed by atoms with van der Waals surface area (Å²) in [6, 6.07) is 5.51. The van der Waals surface area contributed by atoms with Crippen molar-refractivity contribution in [2.75, 3.05) is 7.11 Å². The molecule has 0 saturated carbocycles. The predicted molar refractivity (Wildman–Crippen MR) is 72.6 cm³/mol. The summed E-state index contributed by atoms with van der Waals surface area (Å²) in [5.74, 6) is -0.721. The van der Waals surface area contributed by atoms with Gasteiger partial charge in [0.15, 0.2) is 0 Å². The van der Waals surface area contributed by atoms with Crippen molar-refractivity contribution in [1.82, 2.24) is 4.72 Å². The summed E-state index contributed by atoms with van der Waals surface area (Å²) in [6.45, 7) is 2.75. The minimum atomic E-state index is -3.97. The molecule has 0 aromatic heterocycles. The summed E-state index contributed by atoms with van der Waals surface area (Å²) in [7, 11) is -2.80. The van der Waals surface area contributed by atoms with Crippen LogP contribution in [0.25, 0.3) is 0 Å². The van der Waals surface area contributed by atoms with E-state index < -0.39 is 21.5 Å². The molecule has 0 aliphatic heterocycles. The van der Waals surface area contributed by atoms with Crippen LogP contribution in [0, 0.1) is 11.3 Å². The number of benzene rings is 1. The van der Waals surface area contributed by atoms with Gasteiger partial charge in [-0.15, -0.1) is 0 Å². The fraction of sp³-hybridized carbons (Fsp3) is 0.333. The van der Waals surface area contributed by atoms with Crippen LogP contribution in [0.15, 0.2) is 23.1 Å². The predicted octanol–water partition coefficient (Wildman–Crippen LogP) is 1.44. The monoisotopic (exact) mass is 316 g/mol. The Hall–Kier alpha value is -1.62. The van der Waals surface area contributed by atoms with Gasteiger partial charge >= 0.3 is 5.97 Å². The molecule has 0 atom stereocenters. The number of hydrogen-bond donors (Lipinski definition) is 1. The van der Waals surface area contributed by atoms with Crippen LogP contribution in [0.2, 0.25) is 5.02 Å². The first kappa shape index (κ1) is 16.4. The largest absolute Gasteiger partial charge is 0.468 e. The zero-order valence-electron chi connectivity index (χ0n) is 11.1. The highest BCUT2D eigenvalue weighted by molar-refractivity contribution is 7.89. The summed E-state index contributed by atoms with van der Waals surface area (Å²) in [5, 5.41) is 8.76. The number of hydrogen-bond acceptors (Lipinski definition) is 5. The lowest BCUT2D eigenvalue weighted by Gasteiger charge is -2.22. The van der Waals surface area contributed by atoms with Gasteiger partial charge in [-0.3, -0.25) is 4.79 Å². The lowest BCUT2D eigenvalue weighted by atomic mass is 10.1. The maximum atomic E-state index is 12.2. The summed E-state index contributed by atoms with van der Waals surface area (Å²) >= 11 is 5.79. The van der Waals surface area contributed by atoms with Crippen LogP contribution in [-0.4, -0.2) is 27.0 Å². The third-order valence-corrected chi connectivity index (χ3v) is 4.42. The molecule has 1 aromatic carbocycles. The number of halogens is 1. The van der Waals surface area contributed by atoms with Gasteiger partial charge in [0.25, 0.3) is 0 Å². The summed E-state index contributed by atoms with van der Waals surface area (Å²) < 4.78 is 31.1. The Morgan fingerprint density at radius 3 is 2.50 bits per heavy atom. The SMILES string of the molecule is COC(=O)C(C)(C)NS(=O)(=O)c1ccc(C#N)c(Cl)c1. The van der Waals surface area contributed by atoms with Crippen LogP contribution in [0.5, 0.6) is 0 Å². The third kappa shape index (κ3) is 3.48. The molecule has 6 nitrogen and oxygen atoms in total. The first-order chi connectivity index (χ1) is 9.14. The average Bonchev–Trinajstić information content (AvgIpc) is 2.36. The number of methoxy groups -OCH3 is 1. The molecule has 0 amide bonds. The number of sulfonamides is 1. The van der Waals surface area contributed by atoms with Crippen LogP contribution in [0.3, 0.4) is 0 Å². The highest BCUT2D eigenvalue weighted by Gasteiger charge is 2.34. The van der Waals surface area contributed by atoms with E-state index in [1.807, 2.05) is 6.07 Å². The van der Waals surface area contributed by atoms with Crippen molar-refractivity contribution in [2.24, 2.45) is 0 Å². The molecule has 0 saturated heterocycles. The molecule has 0 spiro atoms. The smallest absolute Gasteiger partial charge is 0.326 e. The summed E-state index contributed by atoms with van der Waals surface area (Å²) in [5.41, 5.74) is -1.26. The molecule has 0 aliphatic carbocycles. The van der Waals surface area contributed by atoms with Crippen LogP contribution in [-0.2, 0) is 19.6 Å². The molecule has 0 radical (unpaired) electrons. The molecule has 20 heavy (non-hydrogen) atoms. The molecular formula is C12H13ClN2O4S. The number of carbonyl (C=O) groups is 1. The molecule has 0 heterocycles. The molecular weight excluding hydrogens is 304 g/mol. The Bertz CT molecular complexity index is 677. The summed E-state index contributed by atoms with van der Waals surface area (Å²) in [4.78, 5) is 11.4. The van der Waals surface area contributed by atoms with Crippen molar-refractivity contribution in [3.05, 3.63) is 28.8 Å². The first-order valence-corrected chi connectivity index (χ1v) is 7.32. The van der Waals surface area contributed by atoms with Crippen molar-refractivity contribution >= 4 is 27.6 Å². The van der Waals surface area contributed by atoms with Gasteiger partial charge in [-0.2, -0.15) is 9.98 Å². The lowest BCUT2D eigenvalue weighted by Crippen LogP contribution is -2.50. The number of ether oxygens (including phenoxy) is 1. The van der Waals surface area contributed by atoms with E-state index in [1.165, 1.54) is 26.0 Å². The average molecular weight is 317 g/mol. The van der Waals surface area contributed by atoms with Gasteiger partial charge in [-0.25, -0.2) is 8.42 Å². The zero-order valence-corrected chi connectivity index (χ0v) is 12.7. The van der Waals surface area contributed by atoms with E-state index in [0.29, 0.717) is 0 Å². The van der Waals surface area contributed by atoms with Crippen LogP contribution >= 0.6 is 11.6 Å². The van der Waals surface area contributed by atoms with Gasteiger partial charge in [0, 0.05) is 0 Å². The molecule has 8 heteroatoms. The Morgan fingerprint density at radius 1 is 1.45 bits per heavy atom. The Labute approximate surface area is 122 Å². The van der Waals surface area contributed by atoms with Crippen LogP contribution < -0.4 is 4.72 Å². The fourth-order valence-electron chi connectivity index (χ4n) is 1.45. The van der Waals surface area contributed by atoms with E-state index in [2.05, 4.69) is 9.46 Å². The van der Waals surface area contributed by atoms with Gasteiger partial charge in [-0.1, -0.05) is 11.6 Å². The summed E-state index contributed by atoms with van der Waals surface area (Å²) in [6.07, 6.45) is 0. The molecule has 1 rings (SSSR count). The Balaban J connectivity index is 3.16. The molecule has 0 aliphatic rings. The number of nitriles is 1. The highest BCUT2D eigenvalue weighted by Crippen LogP contribution is 2.21. The Morgan fingerprint density at radius 2 is 2.05 bits per heavy atom. The third-order valence-electron chi connectivity index (χ3n) is 2.46. The highest BCUT2D eigenvalue weighted by atomic mass is 35.5. The first-order valence-electron chi connectivity index (χ1n) is 5.46. The lowest BCUT2D eigenvalue weighted by molar-refractivity contribution is -0.146. The van der Waals surface area contributed by atoms with Crippen molar-refractivity contribution in [3.8, 4) is 6.07 Å². The quantitative estimate of drug-likeness (QED) is 0.848. The number of rotatable bonds is 4. The van der Waals surface area contributed by atoms with E-state index in [1.54, 1.807) is 0 Å². The van der Waals surface area contributed by atoms with Crippen molar-refractivity contribution in [3.63, 3.8) is 0 Å². The maximum Gasteiger partial charge on any atom is 0.326 e. The minimum Gasteiger partial charge on any atom is -0.468 e. The van der Waals surface area contributed by atoms with Gasteiger partial charge in [0.2, 0.25) is 10.0 Å². The topological polar surface area (TPSA) is 96.3 Å². The number of esters is 1. The molecule has 1 aromatic rings. The van der Waals surface area contributed by atoms with E-state index in [9.17, 15) is 13.2 Å². The van der Waals surface area contributed by atoms with Crippen LogP contribution in [0.1, 0.15) is 19.4 Å². The number of nitrogens with one attached hydrogen (secondary N) is 1. The van der Waals surface area contributed by atoms with Gasteiger partial charge in [0.05, 0.1) is 22.6 Å². The van der Waals surface area contributed by atoms with Gasteiger partial charge in [0.1, 0.15) is 11.6 Å². The normalized spacial score (nSPS) is 11.8. The number of nitrogens with zero attached hydrogens (tertiary/aromatic N) is 1. The van der Waals surface area contributed by atoms with E-state index >= 15 is 0 Å². The standard InChI is InChI=1S/C12H13ClN2O4S/c1-12(2,11(16)19-3)15-20(17,18)9-5-4-8(7-14)10(13)6-9/h4-6,15H,1-3H3. The molecule has 0 unspecified atom stereocenters. The Kier molecular flexibility index (Phi) is 4.76. The van der Waals surface area contributed by atoms with Gasteiger partial charge in [-0.05, 0) is 32.0 Å². The van der Waals surface area contributed by atoms with Gasteiger partial charge < -0.3 is 4.74 Å². The van der Waals surface area contributed by atoms with E-state index in [4.69, 9.17) is 16.9 Å². The van der Waals surface area contributed by atoms with E-state index in [-0.39, 0.29) is 15.5 Å². The molecule has 108 valence electrons. The van der Waals surface area contributed by atoms with E-state index in [0.717, 1.165) is 13.2 Å². The second-order valence-electron chi connectivity index (χ2n) is 4.48. The second kappa shape index (κ2) is 5.79. The molecule has 0 bridgehead atoms. The van der Waals surface area contributed by atoms with Crippen molar-refractivity contribution < 1.29 is 17.9 Å². The fourth-order valence-corrected chi connectivity index (χ4v) is 3.13. The molecule has 1 N–H and O–H groups in total.